The number of allylic oxidation sites excluding steroid dienone is 1. The summed E-state index contributed by atoms with van der Waals surface area (Å²) in [5, 5.41) is 0. The molecule has 82 valence electrons. The van der Waals surface area contributed by atoms with Gasteiger partial charge < -0.3 is 0 Å². The van der Waals surface area contributed by atoms with Crippen LogP contribution in [0.2, 0.25) is 0 Å². The number of hydrogen-bond donors (Lipinski definition) is 0. The van der Waals surface area contributed by atoms with Gasteiger partial charge >= 0.3 is 0 Å². The number of halogens is 2. The van der Waals surface area contributed by atoms with Gasteiger partial charge in [0.2, 0.25) is 0 Å². The molecule has 0 saturated heterocycles. The molecular weight excluding hydrogens is 234 g/mol. The van der Waals surface area contributed by atoms with Crippen molar-refractivity contribution in [2.75, 3.05) is 12.5 Å². The minimum Gasteiger partial charge on any atom is -0.207 e. The zero-order valence-corrected chi connectivity index (χ0v) is 10.2. The molecule has 1 aromatic carbocycles. The van der Waals surface area contributed by atoms with Crippen LogP contribution in [0.15, 0.2) is 28.5 Å². The molecule has 0 heterocycles. The predicted octanol–water partition coefficient (Wildman–Crippen LogP) is 4.07. The lowest BCUT2D eigenvalue weighted by molar-refractivity contribution is 0.575. The number of thioether (sulfide) groups is 2. The van der Waals surface area contributed by atoms with E-state index in [1.54, 1.807) is 23.5 Å². The fourth-order valence-corrected chi connectivity index (χ4v) is 2.30. The van der Waals surface area contributed by atoms with Crippen molar-refractivity contribution in [2.45, 2.75) is 6.42 Å². The minimum atomic E-state index is -0.532. The Morgan fingerprint density at radius 2 is 1.93 bits per heavy atom. The summed E-state index contributed by atoms with van der Waals surface area (Å²) in [6.07, 6.45) is 6.40. The summed E-state index contributed by atoms with van der Waals surface area (Å²) in [6, 6.07) is 3.69. The van der Waals surface area contributed by atoms with E-state index in [9.17, 15) is 8.78 Å². The SMILES string of the molecule is CSC(=CCc1ccc(F)cc1F)SC. The summed E-state index contributed by atoms with van der Waals surface area (Å²) in [5.41, 5.74) is 0.525. The van der Waals surface area contributed by atoms with Crippen LogP contribution >= 0.6 is 23.5 Å². The van der Waals surface area contributed by atoms with Crippen LogP contribution < -0.4 is 0 Å². The maximum absolute atomic E-state index is 13.2. The van der Waals surface area contributed by atoms with E-state index < -0.39 is 11.6 Å². The first-order valence-electron chi connectivity index (χ1n) is 4.39. The molecule has 4 heteroatoms. The molecular formula is C11H12F2S2. The lowest BCUT2D eigenvalue weighted by Gasteiger charge is -2.01. The van der Waals surface area contributed by atoms with Crippen LogP contribution in [0.5, 0.6) is 0 Å². The summed E-state index contributed by atoms with van der Waals surface area (Å²) in [5.74, 6) is -1.01. The Balaban J connectivity index is 2.77. The Hall–Kier alpha value is -0.480. The van der Waals surface area contributed by atoms with Gasteiger partial charge in [0, 0.05) is 10.3 Å². The first kappa shape index (κ1) is 12.6. The van der Waals surface area contributed by atoms with Crippen molar-refractivity contribution in [2.24, 2.45) is 0 Å². The molecule has 0 spiro atoms. The van der Waals surface area contributed by atoms with Gasteiger partial charge in [-0.15, -0.1) is 23.5 Å². The van der Waals surface area contributed by atoms with E-state index in [0.717, 1.165) is 10.3 Å². The number of benzene rings is 1. The summed E-state index contributed by atoms with van der Waals surface area (Å²) in [7, 11) is 0. The molecule has 1 rings (SSSR count). The lowest BCUT2D eigenvalue weighted by atomic mass is 10.1. The summed E-state index contributed by atoms with van der Waals surface area (Å²) >= 11 is 3.25. The Labute approximate surface area is 97.1 Å². The van der Waals surface area contributed by atoms with E-state index >= 15 is 0 Å². The highest BCUT2D eigenvalue weighted by Gasteiger charge is 2.02. The van der Waals surface area contributed by atoms with Gasteiger partial charge in [0.15, 0.2) is 0 Å². The summed E-state index contributed by atoms with van der Waals surface area (Å²) in [6.45, 7) is 0. The van der Waals surface area contributed by atoms with Crippen LogP contribution in [0.1, 0.15) is 5.56 Å². The van der Waals surface area contributed by atoms with Gasteiger partial charge in [-0.25, -0.2) is 8.78 Å². The van der Waals surface area contributed by atoms with Crippen LogP contribution in [0.25, 0.3) is 0 Å². The molecule has 0 bridgehead atoms. The average Bonchev–Trinajstić information content (AvgIpc) is 2.22. The van der Waals surface area contributed by atoms with Gasteiger partial charge in [0.1, 0.15) is 11.6 Å². The molecule has 0 nitrogen and oxygen atoms in total. The quantitative estimate of drug-likeness (QED) is 0.785. The molecule has 0 N–H and O–H groups in total. The number of hydrogen-bond acceptors (Lipinski definition) is 2. The zero-order valence-electron chi connectivity index (χ0n) is 8.59. The van der Waals surface area contributed by atoms with Crippen LogP contribution in [-0.2, 0) is 6.42 Å². The van der Waals surface area contributed by atoms with Crippen LogP contribution in [0.3, 0.4) is 0 Å². The first-order valence-corrected chi connectivity index (χ1v) is 6.84. The van der Waals surface area contributed by atoms with E-state index in [-0.39, 0.29) is 0 Å². The van der Waals surface area contributed by atoms with Crippen molar-refractivity contribution in [3.63, 3.8) is 0 Å². The molecule has 0 atom stereocenters. The Morgan fingerprint density at radius 3 is 2.47 bits per heavy atom. The van der Waals surface area contributed by atoms with Crippen molar-refractivity contribution < 1.29 is 8.78 Å². The highest BCUT2D eigenvalue weighted by molar-refractivity contribution is 8.21. The molecule has 0 aliphatic carbocycles. The molecule has 0 unspecified atom stereocenters. The van der Waals surface area contributed by atoms with Crippen LogP contribution in [-0.4, -0.2) is 12.5 Å². The molecule has 0 saturated carbocycles. The smallest absolute Gasteiger partial charge is 0.129 e. The van der Waals surface area contributed by atoms with Crippen molar-refractivity contribution in [3.05, 3.63) is 45.7 Å². The zero-order chi connectivity index (χ0) is 11.3. The van der Waals surface area contributed by atoms with Gasteiger partial charge in [0.25, 0.3) is 0 Å². The van der Waals surface area contributed by atoms with Crippen LogP contribution in [0, 0.1) is 11.6 Å². The van der Waals surface area contributed by atoms with Gasteiger partial charge in [-0.05, 0) is 30.6 Å². The monoisotopic (exact) mass is 246 g/mol. The van der Waals surface area contributed by atoms with Crippen molar-refractivity contribution in [3.8, 4) is 0 Å². The normalized spacial score (nSPS) is 10.1. The Kier molecular flexibility index (Phi) is 5.19. The van der Waals surface area contributed by atoms with Gasteiger partial charge in [0.05, 0.1) is 0 Å². The van der Waals surface area contributed by atoms with E-state index in [4.69, 9.17) is 0 Å². The maximum Gasteiger partial charge on any atom is 0.129 e. The van der Waals surface area contributed by atoms with Crippen molar-refractivity contribution in [1.29, 1.82) is 0 Å². The van der Waals surface area contributed by atoms with Crippen LogP contribution in [0.4, 0.5) is 8.78 Å². The van der Waals surface area contributed by atoms with Gasteiger partial charge in [-0.3, -0.25) is 0 Å². The second-order valence-corrected chi connectivity index (χ2v) is 4.83. The Bertz CT molecular complexity index is 356. The first-order chi connectivity index (χ1) is 7.17. The topological polar surface area (TPSA) is 0 Å². The van der Waals surface area contributed by atoms with E-state index in [2.05, 4.69) is 0 Å². The molecule has 0 aliphatic heterocycles. The van der Waals surface area contributed by atoms with E-state index in [0.29, 0.717) is 12.0 Å². The third-order valence-electron chi connectivity index (χ3n) is 1.91. The molecule has 1 aromatic rings. The largest absolute Gasteiger partial charge is 0.207 e. The summed E-state index contributed by atoms with van der Waals surface area (Å²) in [4.78, 5) is 0. The fourth-order valence-electron chi connectivity index (χ4n) is 1.13. The standard InChI is InChI=1S/C11H12F2S2/c1-14-11(15-2)6-4-8-3-5-9(12)7-10(8)13/h3,5-7H,4H2,1-2H3. The minimum absolute atomic E-state index is 0.479. The van der Waals surface area contributed by atoms with Crippen molar-refractivity contribution >= 4 is 23.5 Å². The highest BCUT2D eigenvalue weighted by Crippen LogP contribution is 2.24. The molecule has 15 heavy (non-hydrogen) atoms. The molecule has 0 aliphatic rings. The third kappa shape index (κ3) is 3.87. The number of rotatable bonds is 4. The average molecular weight is 246 g/mol. The van der Waals surface area contributed by atoms with E-state index in [1.165, 1.54) is 12.1 Å². The molecule has 0 amide bonds. The second-order valence-electron chi connectivity index (χ2n) is 2.87. The highest BCUT2D eigenvalue weighted by atomic mass is 32.2. The molecule has 0 radical (unpaired) electrons. The third-order valence-corrected chi connectivity index (χ3v) is 4.04. The van der Waals surface area contributed by atoms with E-state index in [1.807, 2.05) is 18.6 Å². The van der Waals surface area contributed by atoms with Gasteiger partial charge in [-0.1, -0.05) is 12.1 Å². The maximum atomic E-state index is 13.2. The summed E-state index contributed by atoms with van der Waals surface area (Å²) < 4.78 is 27.0. The second kappa shape index (κ2) is 6.18. The van der Waals surface area contributed by atoms with Crippen molar-refractivity contribution in [1.82, 2.24) is 0 Å². The Morgan fingerprint density at radius 1 is 1.27 bits per heavy atom. The van der Waals surface area contributed by atoms with Gasteiger partial charge in [-0.2, -0.15) is 0 Å². The molecule has 0 fully saturated rings. The predicted molar refractivity (Wildman–Crippen MR) is 65.2 cm³/mol. The lowest BCUT2D eigenvalue weighted by Crippen LogP contribution is -1.89. The fraction of sp³-hybridized carbons (Fsp3) is 0.273. The molecule has 0 aromatic heterocycles.